The van der Waals surface area contributed by atoms with Crippen molar-refractivity contribution in [2.45, 2.75) is 6.54 Å². The van der Waals surface area contributed by atoms with Gasteiger partial charge < -0.3 is 5.32 Å². The molecule has 0 bridgehead atoms. The minimum atomic E-state index is 0.570. The molecule has 0 radical (unpaired) electrons. The Morgan fingerprint density at radius 2 is 2.21 bits per heavy atom. The molecule has 0 saturated heterocycles. The maximum Gasteiger partial charge on any atom is 0.205 e. The van der Waals surface area contributed by atoms with Gasteiger partial charge in [-0.1, -0.05) is 34.1 Å². The van der Waals surface area contributed by atoms with E-state index in [-0.39, 0.29) is 0 Å². The molecule has 4 N–H and O–H groups in total. The quantitative estimate of drug-likeness (QED) is 0.320. The molecule has 0 aliphatic heterocycles. The van der Waals surface area contributed by atoms with Gasteiger partial charge in [-0.3, -0.25) is 10.4 Å². The minimum absolute atomic E-state index is 0.570. The van der Waals surface area contributed by atoms with Crippen molar-refractivity contribution in [1.82, 2.24) is 10.7 Å². The summed E-state index contributed by atoms with van der Waals surface area (Å²) in [6, 6.07) is 7.99. The maximum atomic E-state index is 5.23. The molecule has 0 aliphatic carbocycles. The fraction of sp³-hybridized carbons (Fsp3) is 0.222. The Morgan fingerprint density at radius 1 is 1.50 bits per heavy atom. The van der Waals surface area contributed by atoms with E-state index in [9.17, 15) is 0 Å². The molecule has 0 saturated carbocycles. The molecule has 0 unspecified atom stereocenters. The highest BCUT2D eigenvalue weighted by atomic mass is 79.9. The first kappa shape index (κ1) is 11.0. The van der Waals surface area contributed by atoms with E-state index in [1.807, 2.05) is 24.3 Å². The summed E-state index contributed by atoms with van der Waals surface area (Å²) >= 11 is 3.46. The third-order valence-electron chi connectivity index (χ3n) is 1.76. The van der Waals surface area contributed by atoms with Gasteiger partial charge in [0.2, 0.25) is 5.96 Å². The van der Waals surface area contributed by atoms with E-state index >= 15 is 0 Å². The van der Waals surface area contributed by atoms with Crippen LogP contribution in [0.3, 0.4) is 0 Å². The number of aliphatic imine (C=N–C) groups is 1. The highest BCUT2D eigenvalue weighted by molar-refractivity contribution is 9.10. The van der Waals surface area contributed by atoms with Crippen LogP contribution in [0.25, 0.3) is 0 Å². The van der Waals surface area contributed by atoms with Gasteiger partial charge in [0.1, 0.15) is 0 Å². The Hall–Kier alpha value is -1.07. The number of hydrazine groups is 1. The van der Waals surface area contributed by atoms with Gasteiger partial charge in [0.05, 0.1) is 0 Å². The van der Waals surface area contributed by atoms with Crippen LogP contribution >= 0.6 is 15.9 Å². The van der Waals surface area contributed by atoms with Crippen molar-refractivity contribution >= 4 is 21.9 Å². The van der Waals surface area contributed by atoms with Crippen LogP contribution in [0.5, 0.6) is 0 Å². The molecular weight excluding hydrogens is 244 g/mol. The fourth-order valence-corrected chi connectivity index (χ4v) is 1.44. The van der Waals surface area contributed by atoms with Crippen molar-refractivity contribution < 1.29 is 0 Å². The molecule has 1 aromatic carbocycles. The summed E-state index contributed by atoms with van der Waals surface area (Å²) in [5, 5.41) is 3.06. The molecular formula is C9H13BrN4. The van der Waals surface area contributed by atoms with E-state index in [0.717, 1.165) is 10.0 Å². The number of rotatable bonds is 2. The lowest BCUT2D eigenvalue weighted by atomic mass is 10.2. The fourth-order valence-electron chi connectivity index (χ4n) is 1.02. The van der Waals surface area contributed by atoms with Crippen molar-refractivity contribution in [3.8, 4) is 0 Å². The van der Waals surface area contributed by atoms with Crippen LogP contribution in [-0.2, 0) is 6.54 Å². The van der Waals surface area contributed by atoms with Crippen LogP contribution in [0.4, 0.5) is 0 Å². The Kier molecular flexibility index (Phi) is 4.42. The zero-order valence-corrected chi connectivity index (χ0v) is 9.51. The average molecular weight is 257 g/mol. The molecule has 0 amide bonds. The number of hydrogen-bond acceptors (Lipinski definition) is 2. The van der Waals surface area contributed by atoms with Crippen LogP contribution in [0.1, 0.15) is 5.56 Å². The Morgan fingerprint density at radius 3 is 2.79 bits per heavy atom. The predicted molar refractivity (Wildman–Crippen MR) is 61.7 cm³/mol. The highest BCUT2D eigenvalue weighted by Crippen LogP contribution is 2.14. The molecule has 76 valence electrons. The summed E-state index contributed by atoms with van der Waals surface area (Å²) in [4.78, 5) is 3.91. The first-order valence-electron chi connectivity index (χ1n) is 4.18. The van der Waals surface area contributed by atoms with Crippen LogP contribution in [0, 0.1) is 0 Å². The lowest BCUT2D eigenvalue weighted by Gasteiger charge is -2.09. The molecule has 1 aromatic rings. The summed E-state index contributed by atoms with van der Waals surface area (Å²) in [6.07, 6.45) is 0. The van der Waals surface area contributed by atoms with E-state index in [1.165, 1.54) is 0 Å². The molecule has 5 heteroatoms. The smallest absolute Gasteiger partial charge is 0.205 e. The van der Waals surface area contributed by atoms with Crippen LogP contribution < -0.4 is 16.6 Å². The second-order valence-corrected chi connectivity index (χ2v) is 3.52. The number of nitrogens with two attached hydrogens (primary N) is 1. The van der Waals surface area contributed by atoms with Gasteiger partial charge in [-0.05, 0) is 11.6 Å². The third kappa shape index (κ3) is 3.01. The topological polar surface area (TPSA) is 62.4 Å². The Labute approximate surface area is 91.7 Å². The lowest BCUT2D eigenvalue weighted by molar-refractivity contribution is 0.837. The Bertz CT molecular complexity index is 324. The number of nitrogens with zero attached hydrogens (tertiary/aromatic N) is 1. The molecule has 0 fully saturated rings. The third-order valence-corrected chi connectivity index (χ3v) is 2.54. The molecule has 0 aliphatic rings. The van der Waals surface area contributed by atoms with Gasteiger partial charge in [0.25, 0.3) is 0 Å². The van der Waals surface area contributed by atoms with Crippen molar-refractivity contribution in [3.05, 3.63) is 34.3 Å². The van der Waals surface area contributed by atoms with Gasteiger partial charge in [-0.15, -0.1) is 0 Å². The van der Waals surface area contributed by atoms with Crippen molar-refractivity contribution in [2.24, 2.45) is 10.8 Å². The van der Waals surface area contributed by atoms with Crippen LogP contribution in [0.2, 0.25) is 0 Å². The van der Waals surface area contributed by atoms with E-state index in [1.54, 1.807) is 7.05 Å². The summed E-state index contributed by atoms with van der Waals surface area (Å²) in [7, 11) is 1.67. The first-order chi connectivity index (χ1) is 6.77. The second kappa shape index (κ2) is 5.62. The van der Waals surface area contributed by atoms with Crippen molar-refractivity contribution in [3.63, 3.8) is 0 Å². The number of hydrogen-bond donors (Lipinski definition) is 3. The molecule has 0 aromatic heterocycles. The first-order valence-corrected chi connectivity index (χ1v) is 4.98. The van der Waals surface area contributed by atoms with E-state index in [4.69, 9.17) is 5.84 Å². The van der Waals surface area contributed by atoms with Gasteiger partial charge in [-0.2, -0.15) is 0 Å². The largest absolute Gasteiger partial charge is 0.351 e. The molecule has 0 atom stereocenters. The second-order valence-electron chi connectivity index (χ2n) is 2.66. The molecule has 0 heterocycles. The van der Waals surface area contributed by atoms with Crippen LogP contribution in [0.15, 0.2) is 33.7 Å². The van der Waals surface area contributed by atoms with Crippen LogP contribution in [-0.4, -0.2) is 13.0 Å². The zero-order valence-electron chi connectivity index (χ0n) is 7.92. The zero-order chi connectivity index (χ0) is 10.4. The standard InChI is InChI=1S/C9H13BrN4/c1-12-9(14-11)13-6-7-4-2-3-5-8(7)10/h2-5H,6,11H2,1H3,(H2,12,13,14). The SMILES string of the molecule is CN=C(NN)NCc1ccccc1Br. The van der Waals surface area contributed by atoms with Gasteiger partial charge >= 0.3 is 0 Å². The maximum absolute atomic E-state index is 5.23. The summed E-state index contributed by atoms with van der Waals surface area (Å²) in [5.74, 6) is 5.80. The Balaban J connectivity index is 2.58. The predicted octanol–water partition coefficient (Wildman–Crippen LogP) is 0.988. The number of benzene rings is 1. The van der Waals surface area contributed by atoms with E-state index in [0.29, 0.717) is 12.5 Å². The molecule has 14 heavy (non-hydrogen) atoms. The van der Waals surface area contributed by atoms with Gasteiger partial charge in [0, 0.05) is 18.1 Å². The number of guanidine groups is 1. The van der Waals surface area contributed by atoms with Gasteiger partial charge in [-0.25, -0.2) is 5.84 Å². The summed E-state index contributed by atoms with van der Waals surface area (Å²) in [5.41, 5.74) is 3.62. The summed E-state index contributed by atoms with van der Waals surface area (Å²) < 4.78 is 1.07. The summed E-state index contributed by atoms with van der Waals surface area (Å²) in [6.45, 7) is 0.679. The van der Waals surface area contributed by atoms with Crippen molar-refractivity contribution in [1.29, 1.82) is 0 Å². The normalized spacial score (nSPS) is 11.2. The number of nitrogens with one attached hydrogen (secondary N) is 2. The molecule has 4 nitrogen and oxygen atoms in total. The lowest BCUT2D eigenvalue weighted by Crippen LogP contribution is -2.41. The molecule has 1 rings (SSSR count). The highest BCUT2D eigenvalue weighted by Gasteiger charge is 1.98. The van der Waals surface area contributed by atoms with Gasteiger partial charge in [0.15, 0.2) is 0 Å². The molecule has 0 spiro atoms. The van der Waals surface area contributed by atoms with E-state index in [2.05, 4.69) is 31.7 Å². The van der Waals surface area contributed by atoms with E-state index < -0.39 is 0 Å². The van der Waals surface area contributed by atoms with Crippen molar-refractivity contribution in [2.75, 3.05) is 7.05 Å². The monoisotopic (exact) mass is 256 g/mol. The minimum Gasteiger partial charge on any atom is -0.351 e. The average Bonchev–Trinajstić information content (AvgIpc) is 2.22. The number of halogens is 1.